The van der Waals surface area contributed by atoms with Crippen LogP contribution in [-0.4, -0.2) is 34.9 Å². The average Bonchev–Trinajstić information content (AvgIpc) is 2.84. The minimum Gasteiger partial charge on any atom is -0.438 e. The number of alkyl halides is 1. The molecule has 1 aromatic heterocycles. The molecule has 1 amide bonds. The minimum atomic E-state index is -0.560. The van der Waals surface area contributed by atoms with Gasteiger partial charge in [-0.05, 0) is 75.5 Å². The Morgan fingerprint density at radius 1 is 1.24 bits per heavy atom. The number of hydrogen-bond donors (Lipinski definition) is 1. The molecule has 0 atom stereocenters. The molecule has 0 saturated heterocycles. The summed E-state index contributed by atoms with van der Waals surface area (Å²) in [4.78, 5) is 27.7. The number of amides is 1. The third-order valence-corrected chi connectivity index (χ3v) is 6.77. The number of pyridine rings is 1. The van der Waals surface area contributed by atoms with E-state index in [0.29, 0.717) is 24.1 Å². The van der Waals surface area contributed by atoms with Crippen molar-refractivity contribution < 1.29 is 18.7 Å². The second-order valence-corrected chi connectivity index (χ2v) is 9.59. The highest BCUT2D eigenvalue weighted by atomic mass is 35.5. The van der Waals surface area contributed by atoms with Gasteiger partial charge in [0, 0.05) is 23.2 Å². The number of thioether (sulfide) groups is 1. The Balaban J connectivity index is 0.000000248. The van der Waals surface area contributed by atoms with Crippen LogP contribution < -0.4 is 10.1 Å². The average molecular weight is 509 g/mol. The van der Waals surface area contributed by atoms with Crippen LogP contribution in [0.1, 0.15) is 69.2 Å². The standard InChI is InChI=1S/C14H12FNO2S.C12H22ClNO/c1-9(17)13-6-10(15)8-16-14(13)18-11-4-3-5-12(7-11)19-2;1-2-10-5-7-11(8-6-10)14-12(15)4-3-9-13/h3-8H,1-2H3;10-11H,2-9H2,1H3,(H,14,15). The van der Waals surface area contributed by atoms with E-state index in [1.165, 1.54) is 26.2 Å². The van der Waals surface area contributed by atoms with Crippen LogP contribution in [0.2, 0.25) is 0 Å². The van der Waals surface area contributed by atoms with Crippen LogP contribution >= 0.6 is 23.4 Å². The monoisotopic (exact) mass is 508 g/mol. The molecule has 3 rings (SSSR count). The summed E-state index contributed by atoms with van der Waals surface area (Å²) < 4.78 is 18.6. The molecule has 1 aliphatic carbocycles. The molecule has 1 heterocycles. The first-order valence-corrected chi connectivity index (χ1v) is 13.5. The van der Waals surface area contributed by atoms with Crippen LogP contribution in [0.15, 0.2) is 41.4 Å². The lowest BCUT2D eigenvalue weighted by molar-refractivity contribution is -0.122. The normalized spacial score (nSPS) is 17.3. The molecule has 0 aliphatic heterocycles. The first-order valence-electron chi connectivity index (χ1n) is 11.7. The van der Waals surface area contributed by atoms with Gasteiger partial charge in [0.05, 0.1) is 11.8 Å². The van der Waals surface area contributed by atoms with E-state index in [2.05, 4.69) is 17.2 Å². The summed E-state index contributed by atoms with van der Waals surface area (Å²) in [5.41, 5.74) is 0.134. The zero-order chi connectivity index (χ0) is 24.9. The Bertz CT molecular complexity index is 936. The highest BCUT2D eigenvalue weighted by molar-refractivity contribution is 7.98. The van der Waals surface area contributed by atoms with E-state index in [1.54, 1.807) is 17.8 Å². The first kappa shape index (κ1) is 28.1. The minimum absolute atomic E-state index is 0.118. The SMILES string of the molecule is CCC1CCC(NC(=O)CCCCl)CC1.CSc1cccc(Oc2ncc(F)cc2C(C)=O)c1. The number of nitrogens with zero attached hydrogens (tertiary/aromatic N) is 1. The summed E-state index contributed by atoms with van der Waals surface area (Å²) in [6, 6.07) is 8.94. The fourth-order valence-electron chi connectivity index (χ4n) is 3.78. The molecule has 186 valence electrons. The zero-order valence-corrected chi connectivity index (χ0v) is 21.7. The number of ether oxygens (including phenoxy) is 1. The number of carbonyl (C=O) groups excluding carboxylic acids is 2. The molecule has 1 aromatic carbocycles. The molecule has 1 saturated carbocycles. The van der Waals surface area contributed by atoms with Crippen molar-refractivity contribution in [3.05, 3.63) is 47.9 Å². The molecular formula is C26H34ClFN2O3S. The Labute approximate surface area is 211 Å². The smallest absolute Gasteiger partial charge is 0.230 e. The van der Waals surface area contributed by atoms with E-state index >= 15 is 0 Å². The Kier molecular flexibility index (Phi) is 12.4. The quantitative estimate of drug-likeness (QED) is 0.224. The third kappa shape index (κ3) is 9.63. The molecule has 2 aromatic rings. The molecule has 0 radical (unpaired) electrons. The maximum absolute atomic E-state index is 13.1. The summed E-state index contributed by atoms with van der Waals surface area (Å²) in [5, 5.41) is 3.10. The van der Waals surface area contributed by atoms with E-state index < -0.39 is 5.82 Å². The van der Waals surface area contributed by atoms with E-state index in [0.717, 1.165) is 42.3 Å². The fraction of sp³-hybridized carbons (Fsp3) is 0.500. The molecule has 0 bridgehead atoms. The van der Waals surface area contributed by atoms with Crippen molar-refractivity contribution in [2.45, 2.75) is 69.7 Å². The van der Waals surface area contributed by atoms with Crippen LogP contribution in [0, 0.1) is 11.7 Å². The van der Waals surface area contributed by atoms with E-state index in [4.69, 9.17) is 16.3 Å². The van der Waals surface area contributed by atoms with Crippen molar-refractivity contribution in [3.63, 3.8) is 0 Å². The molecular weight excluding hydrogens is 475 g/mol. The number of benzene rings is 1. The largest absolute Gasteiger partial charge is 0.438 e. The van der Waals surface area contributed by atoms with Gasteiger partial charge in [0.2, 0.25) is 11.8 Å². The molecule has 0 unspecified atom stereocenters. The van der Waals surface area contributed by atoms with E-state index in [1.807, 2.05) is 24.5 Å². The topological polar surface area (TPSA) is 68.3 Å². The second-order valence-electron chi connectivity index (χ2n) is 8.33. The lowest BCUT2D eigenvalue weighted by Gasteiger charge is -2.28. The van der Waals surface area contributed by atoms with Gasteiger partial charge in [-0.1, -0.05) is 19.4 Å². The van der Waals surface area contributed by atoms with Crippen molar-refractivity contribution in [1.82, 2.24) is 10.3 Å². The Morgan fingerprint density at radius 3 is 2.59 bits per heavy atom. The predicted molar refractivity (Wildman–Crippen MR) is 137 cm³/mol. The number of halogens is 2. The Hall–Kier alpha value is -2.12. The summed E-state index contributed by atoms with van der Waals surface area (Å²) in [7, 11) is 0. The zero-order valence-electron chi connectivity index (χ0n) is 20.1. The second kappa shape index (κ2) is 15.0. The summed E-state index contributed by atoms with van der Waals surface area (Å²) in [6.45, 7) is 3.60. The predicted octanol–water partition coefficient (Wildman–Crippen LogP) is 7.03. The van der Waals surface area contributed by atoms with Crippen LogP contribution in [0.5, 0.6) is 11.6 Å². The summed E-state index contributed by atoms with van der Waals surface area (Å²) in [6.07, 6.45) is 10.5. The van der Waals surface area contributed by atoms with Gasteiger partial charge in [0.25, 0.3) is 0 Å². The van der Waals surface area contributed by atoms with Gasteiger partial charge in [0.1, 0.15) is 11.6 Å². The Morgan fingerprint density at radius 2 is 1.97 bits per heavy atom. The van der Waals surface area contributed by atoms with Crippen molar-refractivity contribution in [2.24, 2.45) is 5.92 Å². The van der Waals surface area contributed by atoms with Gasteiger partial charge in [-0.2, -0.15) is 0 Å². The molecule has 5 nitrogen and oxygen atoms in total. The first-order chi connectivity index (χ1) is 16.4. The van der Waals surface area contributed by atoms with Crippen molar-refractivity contribution in [2.75, 3.05) is 12.1 Å². The number of aromatic nitrogens is 1. The number of rotatable bonds is 9. The maximum Gasteiger partial charge on any atom is 0.230 e. The van der Waals surface area contributed by atoms with Gasteiger partial charge in [-0.15, -0.1) is 23.4 Å². The highest BCUT2D eigenvalue weighted by Gasteiger charge is 2.20. The highest BCUT2D eigenvalue weighted by Crippen LogP contribution is 2.28. The van der Waals surface area contributed by atoms with Crippen LogP contribution in [0.4, 0.5) is 4.39 Å². The third-order valence-electron chi connectivity index (χ3n) is 5.78. The van der Waals surface area contributed by atoms with Crippen LogP contribution in [-0.2, 0) is 4.79 Å². The molecule has 1 N–H and O–H groups in total. The van der Waals surface area contributed by atoms with Gasteiger partial charge >= 0.3 is 0 Å². The van der Waals surface area contributed by atoms with Crippen molar-refractivity contribution >= 4 is 35.1 Å². The number of nitrogens with one attached hydrogen (secondary N) is 1. The maximum atomic E-state index is 13.1. The fourth-order valence-corrected chi connectivity index (χ4v) is 4.36. The molecule has 0 spiro atoms. The molecule has 1 fully saturated rings. The van der Waals surface area contributed by atoms with Gasteiger partial charge in [-0.25, -0.2) is 9.37 Å². The molecule has 8 heteroatoms. The van der Waals surface area contributed by atoms with Gasteiger partial charge in [-0.3, -0.25) is 9.59 Å². The summed E-state index contributed by atoms with van der Waals surface area (Å²) in [5.74, 6) is 1.48. The van der Waals surface area contributed by atoms with Crippen LogP contribution in [0.3, 0.4) is 0 Å². The molecule has 1 aliphatic rings. The number of ketones is 1. The summed E-state index contributed by atoms with van der Waals surface area (Å²) >= 11 is 7.13. The van der Waals surface area contributed by atoms with Gasteiger partial charge < -0.3 is 10.1 Å². The molecule has 34 heavy (non-hydrogen) atoms. The van der Waals surface area contributed by atoms with E-state index in [-0.39, 0.29) is 23.1 Å². The number of carbonyl (C=O) groups is 2. The lowest BCUT2D eigenvalue weighted by atomic mass is 9.84. The van der Waals surface area contributed by atoms with Crippen molar-refractivity contribution in [3.8, 4) is 11.6 Å². The van der Waals surface area contributed by atoms with Crippen LogP contribution in [0.25, 0.3) is 0 Å². The number of Topliss-reactive ketones (excluding diaryl/α,β-unsaturated/α-hetero) is 1. The lowest BCUT2D eigenvalue weighted by Crippen LogP contribution is -2.37. The van der Waals surface area contributed by atoms with E-state index in [9.17, 15) is 14.0 Å². The van der Waals surface area contributed by atoms with Gasteiger partial charge in [0.15, 0.2) is 5.78 Å². The number of hydrogen-bond acceptors (Lipinski definition) is 5. The van der Waals surface area contributed by atoms with Crippen molar-refractivity contribution in [1.29, 1.82) is 0 Å².